The number of hydrogen-bond acceptors (Lipinski definition) is 2. The number of benzene rings is 2. The Morgan fingerprint density at radius 1 is 1.00 bits per heavy atom. The lowest BCUT2D eigenvalue weighted by molar-refractivity contribution is 0.491. The molecule has 0 heterocycles. The smallest absolute Gasteiger partial charge is 0.0254 e. The highest BCUT2D eigenvalue weighted by Crippen LogP contribution is 2.11. The Morgan fingerprint density at radius 2 is 1.74 bits per heavy atom. The minimum atomic E-state index is 0.322. The van der Waals surface area contributed by atoms with E-state index < -0.39 is 0 Å². The van der Waals surface area contributed by atoms with Gasteiger partial charge in [0.1, 0.15) is 0 Å². The number of nitrogens with one attached hydrogen (secondary N) is 1. The monoisotopic (exact) mass is 254 g/mol. The molecule has 0 bridgehead atoms. The molecule has 0 aliphatic rings. The first kappa shape index (κ1) is 13.8. The Hall–Kier alpha value is -1.64. The van der Waals surface area contributed by atoms with Crippen molar-refractivity contribution in [2.75, 3.05) is 0 Å². The number of aryl methyl sites for hydroxylation is 2. The second-order valence-electron chi connectivity index (χ2n) is 5.08. The zero-order valence-corrected chi connectivity index (χ0v) is 11.5. The second kappa shape index (κ2) is 7.07. The molecule has 19 heavy (non-hydrogen) atoms. The van der Waals surface area contributed by atoms with E-state index in [0.717, 1.165) is 19.3 Å². The molecule has 0 aromatic heterocycles. The molecule has 2 rings (SSSR count). The lowest BCUT2D eigenvalue weighted by Gasteiger charge is -2.16. The van der Waals surface area contributed by atoms with Gasteiger partial charge in [-0.15, -0.1) is 0 Å². The molecule has 0 saturated carbocycles. The molecule has 0 amide bonds. The standard InChI is InChI=1S/C17H22N2/c1-14-6-5-9-16(12-14)10-11-17(19-18)13-15-7-3-2-4-8-15/h2-9,12,17,19H,10-11,13,18H2,1H3. The van der Waals surface area contributed by atoms with E-state index in [0.29, 0.717) is 6.04 Å². The van der Waals surface area contributed by atoms with Crippen LogP contribution < -0.4 is 11.3 Å². The van der Waals surface area contributed by atoms with Crippen LogP contribution in [0.3, 0.4) is 0 Å². The average molecular weight is 254 g/mol. The SMILES string of the molecule is Cc1cccc(CCC(Cc2ccccc2)NN)c1. The van der Waals surface area contributed by atoms with Crippen molar-refractivity contribution in [3.8, 4) is 0 Å². The van der Waals surface area contributed by atoms with E-state index in [9.17, 15) is 0 Å². The van der Waals surface area contributed by atoms with Crippen LogP contribution in [-0.2, 0) is 12.8 Å². The molecular weight excluding hydrogens is 232 g/mol. The summed E-state index contributed by atoms with van der Waals surface area (Å²) in [5.41, 5.74) is 6.96. The van der Waals surface area contributed by atoms with Crippen LogP contribution >= 0.6 is 0 Å². The van der Waals surface area contributed by atoms with Crippen molar-refractivity contribution in [3.05, 3.63) is 71.3 Å². The van der Waals surface area contributed by atoms with Crippen LogP contribution in [-0.4, -0.2) is 6.04 Å². The third kappa shape index (κ3) is 4.51. The summed E-state index contributed by atoms with van der Waals surface area (Å²) in [5, 5.41) is 0. The van der Waals surface area contributed by atoms with E-state index in [1.807, 2.05) is 6.07 Å². The zero-order valence-electron chi connectivity index (χ0n) is 11.5. The topological polar surface area (TPSA) is 38.0 Å². The van der Waals surface area contributed by atoms with Crippen LogP contribution in [0.4, 0.5) is 0 Å². The van der Waals surface area contributed by atoms with E-state index in [1.54, 1.807) is 0 Å². The maximum absolute atomic E-state index is 5.66. The minimum Gasteiger partial charge on any atom is -0.271 e. The summed E-state index contributed by atoms with van der Waals surface area (Å²) >= 11 is 0. The third-order valence-electron chi connectivity index (χ3n) is 3.42. The molecule has 2 aromatic rings. The van der Waals surface area contributed by atoms with Crippen molar-refractivity contribution in [2.24, 2.45) is 5.84 Å². The number of rotatable bonds is 6. The number of hydrazine groups is 1. The molecule has 0 spiro atoms. The van der Waals surface area contributed by atoms with Gasteiger partial charge in [0.2, 0.25) is 0 Å². The van der Waals surface area contributed by atoms with Gasteiger partial charge in [-0.25, -0.2) is 0 Å². The normalized spacial score (nSPS) is 12.3. The molecule has 2 nitrogen and oxygen atoms in total. The van der Waals surface area contributed by atoms with Crippen LogP contribution in [0, 0.1) is 6.92 Å². The molecule has 0 aliphatic carbocycles. The van der Waals surface area contributed by atoms with Gasteiger partial charge in [-0.1, -0.05) is 60.2 Å². The van der Waals surface area contributed by atoms with Crippen LogP contribution in [0.2, 0.25) is 0 Å². The highest BCUT2D eigenvalue weighted by atomic mass is 15.2. The average Bonchev–Trinajstić information content (AvgIpc) is 2.44. The molecule has 3 N–H and O–H groups in total. The van der Waals surface area contributed by atoms with Crippen LogP contribution in [0.25, 0.3) is 0 Å². The highest BCUT2D eigenvalue weighted by molar-refractivity contribution is 5.22. The first-order valence-corrected chi connectivity index (χ1v) is 6.83. The van der Waals surface area contributed by atoms with Crippen LogP contribution in [0.1, 0.15) is 23.1 Å². The Kier molecular flexibility index (Phi) is 5.13. The van der Waals surface area contributed by atoms with Gasteiger partial charge in [0, 0.05) is 6.04 Å². The van der Waals surface area contributed by atoms with Gasteiger partial charge in [0.25, 0.3) is 0 Å². The van der Waals surface area contributed by atoms with Crippen molar-refractivity contribution in [1.29, 1.82) is 0 Å². The molecule has 2 heteroatoms. The molecule has 0 aliphatic heterocycles. The summed E-state index contributed by atoms with van der Waals surface area (Å²) in [6, 6.07) is 19.5. The Labute approximate surface area is 115 Å². The lowest BCUT2D eigenvalue weighted by atomic mass is 9.99. The van der Waals surface area contributed by atoms with Gasteiger partial charge in [0.05, 0.1) is 0 Å². The summed E-state index contributed by atoms with van der Waals surface area (Å²) in [5.74, 6) is 5.66. The Balaban J connectivity index is 1.89. The van der Waals surface area contributed by atoms with Crippen molar-refractivity contribution in [1.82, 2.24) is 5.43 Å². The first-order valence-electron chi connectivity index (χ1n) is 6.83. The van der Waals surface area contributed by atoms with E-state index in [4.69, 9.17) is 5.84 Å². The molecular formula is C17H22N2. The summed E-state index contributed by atoms with van der Waals surface area (Å²) in [4.78, 5) is 0. The molecule has 0 radical (unpaired) electrons. The predicted octanol–water partition coefficient (Wildman–Crippen LogP) is 3.00. The number of nitrogens with two attached hydrogens (primary N) is 1. The number of hydrogen-bond donors (Lipinski definition) is 2. The fraction of sp³-hybridized carbons (Fsp3) is 0.294. The van der Waals surface area contributed by atoms with Gasteiger partial charge >= 0.3 is 0 Å². The Morgan fingerprint density at radius 3 is 2.42 bits per heavy atom. The summed E-state index contributed by atoms with van der Waals surface area (Å²) in [6.45, 7) is 2.13. The minimum absolute atomic E-state index is 0.322. The van der Waals surface area contributed by atoms with Gasteiger partial charge in [-0.05, 0) is 37.3 Å². The van der Waals surface area contributed by atoms with Gasteiger partial charge in [-0.3, -0.25) is 11.3 Å². The van der Waals surface area contributed by atoms with Crippen molar-refractivity contribution in [3.63, 3.8) is 0 Å². The first-order chi connectivity index (χ1) is 9.28. The molecule has 2 aromatic carbocycles. The summed E-state index contributed by atoms with van der Waals surface area (Å²) < 4.78 is 0. The third-order valence-corrected chi connectivity index (χ3v) is 3.42. The van der Waals surface area contributed by atoms with Crippen molar-refractivity contribution in [2.45, 2.75) is 32.2 Å². The molecule has 0 saturated heterocycles. The maximum atomic E-state index is 5.66. The maximum Gasteiger partial charge on any atom is 0.0254 e. The summed E-state index contributed by atoms with van der Waals surface area (Å²) in [7, 11) is 0. The van der Waals surface area contributed by atoms with Crippen LogP contribution in [0.5, 0.6) is 0 Å². The van der Waals surface area contributed by atoms with Gasteiger partial charge < -0.3 is 0 Å². The van der Waals surface area contributed by atoms with Crippen LogP contribution in [0.15, 0.2) is 54.6 Å². The zero-order chi connectivity index (χ0) is 13.5. The van der Waals surface area contributed by atoms with E-state index in [2.05, 4.69) is 60.9 Å². The Bertz CT molecular complexity index is 494. The van der Waals surface area contributed by atoms with Crippen molar-refractivity contribution >= 4 is 0 Å². The molecule has 1 atom stereocenters. The fourth-order valence-electron chi connectivity index (χ4n) is 2.35. The predicted molar refractivity (Wildman–Crippen MR) is 80.8 cm³/mol. The van der Waals surface area contributed by atoms with Gasteiger partial charge in [-0.2, -0.15) is 0 Å². The highest BCUT2D eigenvalue weighted by Gasteiger charge is 2.07. The molecule has 1 unspecified atom stereocenters. The summed E-state index contributed by atoms with van der Waals surface area (Å²) in [6.07, 6.45) is 3.08. The van der Waals surface area contributed by atoms with Gasteiger partial charge in [0.15, 0.2) is 0 Å². The second-order valence-corrected chi connectivity index (χ2v) is 5.08. The van der Waals surface area contributed by atoms with E-state index in [-0.39, 0.29) is 0 Å². The molecule has 100 valence electrons. The van der Waals surface area contributed by atoms with E-state index >= 15 is 0 Å². The molecule has 0 fully saturated rings. The van der Waals surface area contributed by atoms with Crippen molar-refractivity contribution < 1.29 is 0 Å². The van der Waals surface area contributed by atoms with E-state index in [1.165, 1.54) is 16.7 Å². The lowest BCUT2D eigenvalue weighted by Crippen LogP contribution is -2.37. The fourth-order valence-corrected chi connectivity index (χ4v) is 2.35. The quantitative estimate of drug-likeness (QED) is 0.614. The largest absolute Gasteiger partial charge is 0.271 e.